The molecule has 7 nitrogen and oxygen atoms in total. The summed E-state index contributed by atoms with van der Waals surface area (Å²) in [7, 11) is 0. The van der Waals surface area contributed by atoms with E-state index >= 15 is 0 Å². The van der Waals surface area contributed by atoms with Gasteiger partial charge in [0.05, 0.1) is 38.3 Å². The lowest BCUT2D eigenvalue weighted by atomic mass is 10.1. The average molecular weight is 378 g/mol. The Morgan fingerprint density at radius 2 is 1.74 bits per heavy atom. The van der Waals surface area contributed by atoms with Gasteiger partial charge in [-0.3, -0.25) is 14.5 Å². The number of rotatable bonds is 2. The highest BCUT2D eigenvalue weighted by molar-refractivity contribution is 6.21. The molecule has 0 aromatic heterocycles. The molecule has 0 spiro atoms. The van der Waals surface area contributed by atoms with Crippen molar-refractivity contribution < 1.29 is 28.4 Å². The average Bonchev–Trinajstić information content (AvgIpc) is 2.89. The van der Waals surface area contributed by atoms with Crippen molar-refractivity contribution in [2.24, 2.45) is 0 Å². The van der Waals surface area contributed by atoms with Crippen LogP contribution in [0.2, 0.25) is 0 Å². The summed E-state index contributed by atoms with van der Waals surface area (Å²) in [6, 6.07) is 4.86. The molecule has 146 valence electrons. The second-order valence-electron chi connectivity index (χ2n) is 7.93. The minimum absolute atomic E-state index is 0.123. The molecule has 3 amide bonds. The van der Waals surface area contributed by atoms with E-state index in [1.807, 2.05) is 20.8 Å². The van der Waals surface area contributed by atoms with Crippen molar-refractivity contribution in [1.82, 2.24) is 4.90 Å². The normalized spacial score (nSPS) is 21.7. The lowest BCUT2D eigenvalue weighted by molar-refractivity contribution is -0.918. The fraction of sp³-hybridized carbons (Fsp3) is 0.526. The number of quaternary nitrogens is 1. The van der Waals surface area contributed by atoms with Crippen LogP contribution < -0.4 is 9.80 Å². The van der Waals surface area contributed by atoms with E-state index in [1.54, 1.807) is 4.90 Å². The summed E-state index contributed by atoms with van der Waals surface area (Å²) in [5, 5.41) is 0. The van der Waals surface area contributed by atoms with Crippen LogP contribution in [0.15, 0.2) is 24.3 Å². The monoisotopic (exact) mass is 378 g/mol. The van der Waals surface area contributed by atoms with Crippen LogP contribution in [0.25, 0.3) is 0 Å². The number of piperazine rings is 1. The third kappa shape index (κ3) is 4.27. The Balaban J connectivity index is 1.62. The standard InChI is InChI=1S/C19H24FN3O4/c1-19(2,3)27-18(26)22-10-8-21(9-11-22)15-12-16(24)23(17(15)25)14-6-4-13(20)5-7-14/h4-7,15H,8-12H2,1-3H3/p+1/t15-/m0/s1. The highest BCUT2D eigenvalue weighted by Crippen LogP contribution is 2.22. The van der Waals surface area contributed by atoms with Crippen LogP contribution in [0.3, 0.4) is 0 Å². The molecule has 2 saturated heterocycles. The predicted octanol–water partition coefficient (Wildman–Crippen LogP) is 0.593. The smallest absolute Gasteiger partial charge is 0.410 e. The van der Waals surface area contributed by atoms with Crippen LogP contribution in [-0.4, -0.2) is 60.6 Å². The Bertz CT molecular complexity index is 736. The first-order chi connectivity index (χ1) is 12.7. The van der Waals surface area contributed by atoms with Gasteiger partial charge >= 0.3 is 6.09 Å². The van der Waals surface area contributed by atoms with Crippen molar-refractivity contribution in [2.45, 2.75) is 38.8 Å². The second-order valence-corrected chi connectivity index (χ2v) is 7.93. The van der Waals surface area contributed by atoms with Crippen LogP contribution in [0, 0.1) is 5.82 Å². The van der Waals surface area contributed by atoms with Crippen molar-refractivity contribution in [1.29, 1.82) is 0 Å². The van der Waals surface area contributed by atoms with Gasteiger partial charge in [0, 0.05) is 0 Å². The Morgan fingerprint density at radius 1 is 1.15 bits per heavy atom. The molecular formula is C19H25FN3O4+. The van der Waals surface area contributed by atoms with E-state index in [1.165, 1.54) is 24.3 Å². The minimum atomic E-state index is -0.551. The number of ether oxygens (including phenoxy) is 1. The number of nitrogens with one attached hydrogen (secondary N) is 1. The van der Waals surface area contributed by atoms with Gasteiger partial charge in [0.15, 0.2) is 6.04 Å². The van der Waals surface area contributed by atoms with Gasteiger partial charge in [0.1, 0.15) is 11.4 Å². The molecule has 2 fully saturated rings. The van der Waals surface area contributed by atoms with Gasteiger partial charge in [-0.2, -0.15) is 0 Å². The number of amides is 3. The molecule has 8 heteroatoms. The second kappa shape index (κ2) is 7.26. The van der Waals surface area contributed by atoms with E-state index in [0.29, 0.717) is 31.9 Å². The third-order valence-corrected chi connectivity index (χ3v) is 4.78. The molecule has 1 aromatic carbocycles. The summed E-state index contributed by atoms with van der Waals surface area (Å²) in [4.78, 5) is 41.1. The van der Waals surface area contributed by atoms with E-state index in [-0.39, 0.29) is 24.3 Å². The van der Waals surface area contributed by atoms with Crippen LogP contribution in [0.4, 0.5) is 14.9 Å². The number of carbonyl (C=O) groups excluding carboxylic acids is 3. The number of halogens is 1. The van der Waals surface area contributed by atoms with Crippen molar-refractivity contribution in [3.05, 3.63) is 30.1 Å². The molecule has 0 radical (unpaired) electrons. The van der Waals surface area contributed by atoms with Gasteiger partial charge in [0.2, 0.25) is 5.91 Å². The maximum Gasteiger partial charge on any atom is 0.410 e. The summed E-state index contributed by atoms with van der Waals surface area (Å²) in [5.74, 6) is -0.968. The van der Waals surface area contributed by atoms with Crippen molar-refractivity contribution in [2.75, 3.05) is 31.1 Å². The number of nitrogens with zero attached hydrogens (tertiary/aromatic N) is 2. The molecule has 3 rings (SSSR count). The Hall–Kier alpha value is -2.48. The van der Waals surface area contributed by atoms with Gasteiger partial charge in [-0.15, -0.1) is 0 Å². The number of carbonyl (C=O) groups is 3. The number of benzene rings is 1. The zero-order valence-corrected chi connectivity index (χ0v) is 15.8. The Morgan fingerprint density at radius 3 is 2.30 bits per heavy atom. The largest absolute Gasteiger partial charge is 0.444 e. The van der Waals surface area contributed by atoms with Crippen LogP contribution in [0.5, 0.6) is 0 Å². The quantitative estimate of drug-likeness (QED) is 0.765. The van der Waals surface area contributed by atoms with Crippen molar-refractivity contribution >= 4 is 23.6 Å². The summed E-state index contributed by atoms with van der Waals surface area (Å²) < 4.78 is 18.5. The van der Waals surface area contributed by atoms with Gasteiger partial charge in [-0.05, 0) is 45.0 Å². The summed E-state index contributed by atoms with van der Waals surface area (Å²) in [6.45, 7) is 7.54. The summed E-state index contributed by atoms with van der Waals surface area (Å²) in [6.07, 6.45) is -0.235. The lowest BCUT2D eigenvalue weighted by Crippen LogP contribution is -3.19. The first-order valence-corrected chi connectivity index (χ1v) is 9.10. The topological polar surface area (TPSA) is 71.4 Å². The molecule has 0 saturated carbocycles. The molecule has 2 aliphatic rings. The molecule has 2 heterocycles. The number of imide groups is 1. The molecule has 2 aliphatic heterocycles. The predicted molar refractivity (Wildman–Crippen MR) is 95.8 cm³/mol. The van der Waals surface area contributed by atoms with E-state index in [2.05, 4.69) is 0 Å². The molecule has 0 aliphatic carbocycles. The molecule has 0 bridgehead atoms. The fourth-order valence-electron chi connectivity index (χ4n) is 3.46. The van der Waals surface area contributed by atoms with E-state index in [4.69, 9.17) is 4.74 Å². The maximum absolute atomic E-state index is 13.1. The number of hydrogen-bond acceptors (Lipinski definition) is 4. The van der Waals surface area contributed by atoms with Gasteiger partial charge in [0.25, 0.3) is 5.91 Å². The molecule has 1 aromatic rings. The molecule has 0 unspecified atom stereocenters. The van der Waals surface area contributed by atoms with Crippen molar-refractivity contribution in [3.8, 4) is 0 Å². The number of anilines is 1. The van der Waals surface area contributed by atoms with Crippen molar-refractivity contribution in [3.63, 3.8) is 0 Å². The first kappa shape index (κ1) is 19.3. The zero-order chi connectivity index (χ0) is 19.8. The fourth-order valence-corrected chi connectivity index (χ4v) is 3.46. The van der Waals surface area contributed by atoms with Gasteiger partial charge in [-0.1, -0.05) is 0 Å². The number of hydrogen-bond donors (Lipinski definition) is 1. The lowest BCUT2D eigenvalue weighted by Gasteiger charge is -2.35. The Kier molecular flexibility index (Phi) is 5.19. The van der Waals surface area contributed by atoms with E-state index in [9.17, 15) is 18.8 Å². The van der Waals surface area contributed by atoms with Crippen LogP contribution >= 0.6 is 0 Å². The molecule has 27 heavy (non-hydrogen) atoms. The maximum atomic E-state index is 13.1. The zero-order valence-electron chi connectivity index (χ0n) is 15.8. The first-order valence-electron chi connectivity index (χ1n) is 9.10. The Labute approximate surface area is 157 Å². The molecular weight excluding hydrogens is 353 g/mol. The molecule has 1 atom stereocenters. The SMILES string of the molecule is CC(C)(C)OC(=O)N1CC[NH+]([C@H]2CC(=O)N(c3ccc(F)cc3)C2=O)CC1. The van der Waals surface area contributed by atoms with E-state index < -0.39 is 17.5 Å². The highest BCUT2D eigenvalue weighted by Gasteiger charge is 2.46. The minimum Gasteiger partial charge on any atom is -0.444 e. The van der Waals surface area contributed by atoms with Crippen LogP contribution in [0.1, 0.15) is 27.2 Å². The third-order valence-electron chi connectivity index (χ3n) is 4.78. The van der Waals surface area contributed by atoms with Gasteiger partial charge in [-0.25, -0.2) is 14.1 Å². The van der Waals surface area contributed by atoms with Gasteiger partial charge < -0.3 is 9.64 Å². The summed E-state index contributed by atoms with van der Waals surface area (Å²) >= 11 is 0. The van der Waals surface area contributed by atoms with E-state index in [0.717, 1.165) is 9.80 Å². The summed E-state index contributed by atoms with van der Waals surface area (Å²) in [5.41, 5.74) is -0.161. The highest BCUT2D eigenvalue weighted by atomic mass is 19.1. The molecule has 1 N–H and O–H groups in total. The van der Waals surface area contributed by atoms with Crippen LogP contribution in [-0.2, 0) is 14.3 Å².